The maximum absolute atomic E-state index is 12.2. The number of hydrogen-bond donors (Lipinski definition) is 2. The van der Waals surface area contributed by atoms with E-state index < -0.39 is 0 Å². The lowest BCUT2D eigenvalue weighted by atomic mass is 9.96. The van der Waals surface area contributed by atoms with E-state index in [0.29, 0.717) is 37.2 Å². The smallest absolute Gasteiger partial charge is 0.272 e. The fourth-order valence-corrected chi connectivity index (χ4v) is 2.32. The van der Waals surface area contributed by atoms with E-state index in [-0.39, 0.29) is 22.7 Å². The van der Waals surface area contributed by atoms with Crippen molar-refractivity contribution in [2.75, 3.05) is 13.1 Å². The summed E-state index contributed by atoms with van der Waals surface area (Å²) in [5, 5.41) is 0. The fourth-order valence-electron chi connectivity index (χ4n) is 2.20. The molecule has 0 bridgehead atoms. The van der Waals surface area contributed by atoms with Gasteiger partial charge in [-0.2, -0.15) is 0 Å². The van der Waals surface area contributed by atoms with Crippen molar-refractivity contribution < 1.29 is 9.59 Å². The molecule has 0 aliphatic carbocycles. The topological polar surface area (TPSA) is 102 Å². The first-order valence-electron chi connectivity index (χ1n) is 6.33. The Hall–Kier alpha value is -2.02. The second-order valence-electron chi connectivity index (χ2n) is 4.77. The zero-order valence-electron chi connectivity index (χ0n) is 10.9. The third kappa shape index (κ3) is 3.11. The first-order chi connectivity index (χ1) is 9.49. The first kappa shape index (κ1) is 14.4. The molecule has 20 heavy (non-hydrogen) atoms. The molecule has 0 atom stereocenters. The Morgan fingerprint density at radius 3 is 2.35 bits per heavy atom. The molecule has 1 fully saturated rings. The minimum atomic E-state index is -0.295. The maximum Gasteiger partial charge on any atom is 0.272 e. The van der Waals surface area contributed by atoms with Gasteiger partial charge in [0, 0.05) is 30.8 Å². The van der Waals surface area contributed by atoms with Crippen molar-refractivity contribution in [2.45, 2.75) is 12.8 Å². The largest absolute Gasteiger partial charge is 0.389 e. The number of nitrogens with two attached hydrogens (primary N) is 2. The van der Waals surface area contributed by atoms with Gasteiger partial charge < -0.3 is 16.4 Å². The number of likely N-dealkylation sites (tertiary alicyclic amines) is 1. The van der Waals surface area contributed by atoms with Gasteiger partial charge in [-0.3, -0.25) is 14.6 Å². The number of aromatic nitrogens is 1. The molecule has 0 radical (unpaired) electrons. The number of carbonyl (C=O) groups excluding carboxylic acids is 2. The standard InChI is InChI=1S/C13H16N4O2S/c14-11(18)8-3-5-17(6-4-8)13(19)10-2-1-9(7-16-10)12(15)20/h1-2,7-8H,3-6H2,(H2,14,18)(H2,15,20). The number of thiocarbonyl (C=S) groups is 1. The van der Waals surface area contributed by atoms with Crippen LogP contribution in [0.25, 0.3) is 0 Å². The summed E-state index contributed by atoms with van der Waals surface area (Å²) in [7, 11) is 0. The molecule has 1 aliphatic rings. The normalized spacial score (nSPS) is 15.9. The molecule has 7 heteroatoms. The Morgan fingerprint density at radius 1 is 1.25 bits per heavy atom. The van der Waals surface area contributed by atoms with Gasteiger partial charge in [-0.05, 0) is 25.0 Å². The Morgan fingerprint density at radius 2 is 1.90 bits per heavy atom. The van der Waals surface area contributed by atoms with E-state index in [4.69, 9.17) is 23.7 Å². The second-order valence-corrected chi connectivity index (χ2v) is 5.21. The highest BCUT2D eigenvalue weighted by molar-refractivity contribution is 7.80. The Balaban J connectivity index is 2.01. The fraction of sp³-hybridized carbons (Fsp3) is 0.385. The summed E-state index contributed by atoms with van der Waals surface area (Å²) < 4.78 is 0. The van der Waals surface area contributed by atoms with Crippen LogP contribution in [0.1, 0.15) is 28.9 Å². The van der Waals surface area contributed by atoms with Gasteiger partial charge in [0.1, 0.15) is 10.7 Å². The molecule has 0 aromatic carbocycles. The number of pyridine rings is 1. The molecule has 6 nitrogen and oxygen atoms in total. The van der Waals surface area contributed by atoms with Gasteiger partial charge in [0.15, 0.2) is 0 Å². The van der Waals surface area contributed by atoms with Crippen LogP contribution in [0.2, 0.25) is 0 Å². The quantitative estimate of drug-likeness (QED) is 0.767. The lowest BCUT2D eigenvalue weighted by molar-refractivity contribution is -0.123. The van der Waals surface area contributed by atoms with Crippen LogP contribution in [0.3, 0.4) is 0 Å². The van der Waals surface area contributed by atoms with Gasteiger partial charge >= 0.3 is 0 Å². The van der Waals surface area contributed by atoms with Gasteiger partial charge in [0.25, 0.3) is 5.91 Å². The highest BCUT2D eigenvalue weighted by atomic mass is 32.1. The van der Waals surface area contributed by atoms with E-state index in [1.807, 2.05) is 0 Å². The number of primary amides is 1. The van der Waals surface area contributed by atoms with Crippen molar-refractivity contribution in [3.8, 4) is 0 Å². The molecular formula is C13H16N4O2S. The van der Waals surface area contributed by atoms with Crippen LogP contribution in [0, 0.1) is 5.92 Å². The molecule has 1 aromatic heterocycles. The molecule has 0 saturated carbocycles. The number of hydrogen-bond acceptors (Lipinski definition) is 4. The highest BCUT2D eigenvalue weighted by Gasteiger charge is 2.26. The molecule has 1 aliphatic heterocycles. The summed E-state index contributed by atoms with van der Waals surface area (Å²) in [5.41, 5.74) is 11.7. The summed E-state index contributed by atoms with van der Waals surface area (Å²) in [6, 6.07) is 3.29. The number of nitrogens with zero attached hydrogens (tertiary/aromatic N) is 2. The lowest BCUT2D eigenvalue weighted by Crippen LogP contribution is -2.42. The van der Waals surface area contributed by atoms with Crippen LogP contribution in [0.5, 0.6) is 0 Å². The zero-order valence-corrected chi connectivity index (χ0v) is 11.7. The van der Waals surface area contributed by atoms with Crippen molar-refractivity contribution in [1.82, 2.24) is 9.88 Å². The number of amides is 2. The van der Waals surface area contributed by atoms with Gasteiger partial charge in [-0.15, -0.1) is 0 Å². The van der Waals surface area contributed by atoms with Crippen molar-refractivity contribution in [1.29, 1.82) is 0 Å². The van der Waals surface area contributed by atoms with E-state index in [1.165, 1.54) is 6.20 Å². The van der Waals surface area contributed by atoms with Crippen molar-refractivity contribution >= 4 is 29.0 Å². The summed E-state index contributed by atoms with van der Waals surface area (Å²) in [5.74, 6) is -0.581. The van der Waals surface area contributed by atoms with Gasteiger partial charge in [0.2, 0.25) is 5.91 Å². The molecule has 1 aromatic rings. The molecule has 4 N–H and O–H groups in total. The van der Waals surface area contributed by atoms with Gasteiger partial charge in [0.05, 0.1) is 0 Å². The van der Waals surface area contributed by atoms with E-state index in [0.717, 1.165) is 0 Å². The van der Waals surface area contributed by atoms with Crippen LogP contribution in [0.4, 0.5) is 0 Å². The molecule has 106 valence electrons. The average Bonchev–Trinajstić information content (AvgIpc) is 2.46. The molecule has 0 unspecified atom stereocenters. The minimum absolute atomic E-state index is 0.135. The third-order valence-electron chi connectivity index (χ3n) is 3.45. The summed E-state index contributed by atoms with van der Waals surface area (Å²) in [4.78, 5) is 29.3. The van der Waals surface area contributed by atoms with Crippen LogP contribution < -0.4 is 11.5 Å². The van der Waals surface area contributed by atoms with Crippen molar-refractivity contribution in [3.63, 3.8) is 0 Å². The molecule has 2 rings (SSSR count). The Kier molecular flexibility index (Phi) is 4.29. The third-order valence-corrected chi connectivity index (χ3v) is 3.69. The number of piperidine rings is 1. The van der Waals surface area contributed by atoms with Crippen molar-refractivity contribution in [3.05, 3.63) is 29.6 Å². The lowest BCUT2D eigenvalue weighted by Gasteiger charge is -2.30. The monoisotopic (exact) mass is 292 g/mol. The second kappa shape index (κ2) is 5.96. The van der Waals surface area contributed by atoms with E-state index >= 15 is 0 Å². The average molecular weight is 292 g/mol. The predicted octanol–water partition coefficient (Wildman–Crippen LogP) is 0.0533. The van der Waals surface area contributed by atoms with Gasteiger partial charge in [-0.25, -0.2) is 0 Å². The summed E-state index contributed by atoms with van der Waals surface area (Å²) in [6.45, 7) is 1.04. The molecule has 2 amide bonds. The zero-order chi connectivity index (χ0) is 14.7. The Labute approximate surface area is 122 Å². The molecule has 2 heterocycles. The first-order valence-corrected chi connectivity index (χ1v) is 6.74. The van der Waals surface area contributed by atoms with E-state index in [1.54, 1.807) is 17.0 Å². The Bertz CT molecular complexity index is 536. The number of rotatable bonds is 3. The number of carbonyl (C=O) groups is 2. The van der Waals surface area contributed by atoms with E-state index in [2.05, 4.69) is 4.98 Å². The minimum Gasteiger partial charge on any atom is -0.389 e. The van der Waals surface area contributed by atoms with Crippen LogP contribution in [0.15, 0.2) is 18.3 Å². The molecular weight excluding hydrogens is 276 g/mol. The summed E-state index contributed by atoms with van der Waals surface area (Å²) in [6.07, 6.45) is 2.70. The van der Waals surface area contributed by atoms with E-state index in [9.17, 15) is 9.59 Å². The summed E-state index contributed by atoms with van der Waals surface area (Å²) >= 11 is 4.83. The van der Waals surface area contributed by atoms with Gasteiger partial charge in [-0.1, -0.05) is 12.2 Å². The maximum atomic E-state index is 12.2. The van der Waals surface area contributed by atoms with Crippen LogP contribution in [-0.2, 0) is 4.79 Å². The van der Waals surface area contributed by atoms with Crippen LogP contribution >= 0.6 is 12.2 Å². The molecule has 1 saturated heterocycles. The molecule has 0 spiro atoms. The predicted molar refractivity (Wildman–Crippen MR) is 77.9 cm³/mol. The highest BCUT2D eigenvalue weighted by Crippen LogP contribution is 2.18. The SMILES string of the molecule is NC(=O)C1CCN(C(=O)c2ccc(C(N)=S)cn2)CC1. The van der Waals surface area contributed by atoms with Crippen molar-refractivity contribution in [2.24, 2.45) is 17.4 Å². The van der Waals surface area contributed by atoms with Crippen LogP contribution in [-0.4, -0.2) is 39.8 Å².